The van der Waals surface area contributed by atoms with Crippen LogP contribution in [0.2, 0.25) is 10.0 Å². The molecule has 2 N–H and O–H groups in total. The van der Waals surface area contributed by atoms with Gasteiger partial charge in [-0.25, -0.2) is 0 Å². The third-order valence-corrected chi connectivity index (χ3v) is 4.68. The molecule has 0 spiro atoms. The van der Waals surface area contributed by atoms with Crippen molar-refractivity contribution >= 4 is 23.2 Å². The summed E-state index contributed by atoms with van der Waals surface area (Å²) in [5, 5.41) is 1.40. The Morgan fingerprint density at radius 3 is 2.84 bits per heavy atom. The Labute approximate surface area is 125 Å². The maximum Gasteiger partial charge on any atom is 0.0485 e. The first-order valence-corrected chi connectivity index (χ1v) is 7.80. The van der Waals surface area contributed by atoms with E-state index in [9.17, 15) is 0 Å². The van der Waals surface area contributed by atoms with Gasteiger partial charge in [0, 0.05) is 29.2 Å². The van der Waals surface area contributed by atoms with Crippen LogP contribution < -0.4 is 5.73 Å². The van der Waals surface area contributed by atoms with Gasteiger partial charge in [0.15, 0.2) is 0 Å². The van der Waals surface area contributed by atoms with E-state index < -0.39 is 0 Å². The van der Waals surface area contributed by atoms with Crippen molar-refractivity contribution in [2.45, 2.75) is 32.2 Å². The lowest BCUT2D eigenvalue weighted by atomic mass is 9.93. The molecule has 0 bridgehead atoms. The molecule has 1 fully saturated rings. The first-order valence-electron chi connectivity index (χ1n) is 7.04. The van der Waals surface area contributed by atoms with Gasteiger partial charge in [-0.15, -0.1) is 0 Å². The van der Waals surface area contributed by atoms with Crippen LogP contribution in [0.3, 0.4) is 0 Å². The Morgan fingerprint density at radius 2 is 2.21 bits per heavy atom. The van der Waals surface area contributed by atoms with Crippen molar-refractivity contribution in [1.82, 2.24) is 4.90 Å². The van der Waals surface area contributed by atoms with Crippen molar-refractivity contribution in [3.8, 4) is 0 Å². The van der Waals surface area contributed by atoms with E-state index >= 15 is 0 Å². The fourth-order valence-electron chi connectivity index (χ4n) is 2.96. The normalized spacial score (nSPS) is 22.4. The van der Waals surface area contributed by atoms with Crippen molar-refractivity contribution in [3.63, 3.8) is 0 Å². The molecule has 19 heavy (non-hydrogen) atoms. The number of benzene rings is 1. The monoisotopic (exact) mass is 300 g/mol. The van der Waals surface area contributed by atoms with E-state index in [1.165, 1.54) is 19.3 Å². The van der Waals surface area contributed by atoms with E-state index in [2.05, 4.69) is 11.8 Å². The number of nitrogens with zero attached hydrogens (tertiary/aromatic N) is 1. The third kappa shape index (κ3) is 3.63. The fourth-order valence-corrected chi connectivity index (χ4v) is 3.49. The SMILES string of the molecule is CCC1CCCN(C(CN)c2ccc(Cl)cc2Cl)C1. The van der Waals surface area contributed by atoms with Crippen molar-refractivity contribution in [2.75, 3.05) is 19.6 Å². The summed E-state index contributed by atoms with van der Waals surface area (Å²) in [7, 11) is 0. The molecule has 2 unspecified atom stereocenters. The van der Waals surface area contributed by atoms with Gasteiger partial charge in [-0.2, -0.15) is 0 Å². The minimum atomic E-state index is 0.208. The summed E-state index contributed by atoms with van der Waals surface area (Å²) in [6.07, 6.45) is 3.82. The third-order valence-electron chi connectivity index (χ3n) is 4.11. The second-order valence-corrected chi connectivity index (χ2v) is 6.17. The topological polar surface area (TPSA) is 29.3 Å². The molecule has 0 aromatic heterocycles. The lowest BCUT2D eigenvalue weighted by Crippen LogP contribution is -2.41. The van der Waals surface area contributed by atoms with Crippen LogP contribution in [0.4, 0.5) is 0 Å². The van der Waals surface area contributed by atoms with Crippen molar-refractivity contribution in [3.05, 3.63) is 33.8 Å². The van der Waals surface area contributed by atoms with Crippen LogP contribution in [0.5, 0.6) is 0 Å². The van der Waals surface area contributed by atoms with Crippen molar-refractivity contribution < 1.29 is 0 Å². The van der Waals surface area contributed by atoms with Crippen LogP contribution in [0.15, 0.2) is 18.2 Å². The van der Waals surface area contributed by atoms with Gasteiger partial charge in [-0.3, -0.25) is 4.90 Å². The number of hydrogen-bond acceptors (Lipinski definition) is 2. The summed E-state index contributed by atoms with van der Waals surface area (Å²) in [5.41, 5.74) is 7.10. The smallest absolute Gasteiger partial charge is 0.0485 e. The van der Waals surface area contributed by atoms with Gasteiger partial charge in [0.2, 0.25) is 0 Å². The van der Waals surface area contributed by atoms with Gasteiger partial charge in [-0.1, -0.05) is 42.6 Å². The first kappa shape index (κ1) is 15.1. The second kappa shape index (κ2) is 6.94. The molecule has 2 rings (SSSR count). The highest BCUT2D eigenvalue weighted by atomic mass is 35.5. The summed E-state index contributed by atoms with van der Waals surface area (Å²) >= 11 is 12.3. The van der Waals surface area contributed by atoms with Gasteiger partial charge in [0.05, 0.1) is 0 Å². The molecule has 106 valence electrons. The predicted molar refractivity (Wildman–Crippen MR) is 82.8 cm³/mol. The van der Waals surface area contributed by atoms with Crippen molar-refractivity contribution in [2.24, 2.45) is 11.7 Å². The van der Waals surface area contributed by atoms with E-state index in [4.69, 9.17) is 28.9 Å². The van der Waals surface area contributed by atoms with Crippen LogP contribution in [-0.2, 0) is 0 Å². The Morgan fingerprint density at radius 1 is 1.42 bits per heavy atom. The summed E-state index contributed by atoms with van der Waals surface area (Å²) in [6.45, 7) is 5.09. The maximum absolute atomic E-state index is 6.33. The standard InChI is InChI=1S/C15H22Cl2N2/c1-2-11-4-3-7-19(10-11)15(9-18)13-6-5-12(16)8-14(13)17/h5-6,8,11,15H,2-4,7,9-10,18H2,1H3. The van der Waals surface area contributed by atoms with Gasteiger partial charge in [0.1, 0.15) is 0 Å². The molecule has 4 heteroatoms. The summed E-state index contributed by atoms with van der Waals surface area (Å²) in [6, 6.07) is 5.92. The number of halogens is 2. The number of hydrogen-bond donors (Lipinski definition) is 1. The quantitative estimate of drug-likeness (QED) is 0.906. The van der Waals surface area contributed by atoms with Crippen LogP contribution in [-0.4, -0.2) is 24.5 Å². The molecule has 0 amide bonds. The molecule has 2 nitrogen and oxygen atoms in total. The lowest BCUT2D eigenvalue weighted by molar-refractivity contribution is 0.124. The highest BCUT2D eigenvalue weighted by molar-refractivity contribution is 6.35. The summed E-state index contributed by atoms with van der Waals surface area (Å²) in [5.74, 6) is 0.786. The van der Waals surface area contributed by atoms with Crippen LogP contribution in [0.25, 0.3) is 0 Å². The van der Waals surface area contributed by atoms with E-state index in [1.807, 2.05) is 18.2 Å². The van der Waals surface area contributed by atoms with E-state index in [0.717, 1.165) is 29.6 Å². The number of likely N-dealkylation sites (tertiary alicyclic amines) is 1. The minimum Gasteiger partial charge on any atom is -0.329 e. The van der Waals surface area contributed by atoms with Crippen LogP contribution in [0.1, 0.15) is 37.8 Å². The van der Waals surface area contributed by atoms with E-state index in [0.29, 0.717) is 11.6 Å². The molecular formula is C15H22Cl2N2. The van der Waals surface area contributed by atoms with Gasteiger partial charge >= 0.3 is 0 Å². The maximum atomic E-state index is 6.33. The van der Waals surface area contributed by atoms with Crippen LogP contribution >= 0.6 is 23.2 Å². The number of nitrogens with two attached hydrogens (primary N) is 1. The fraction of sp³-hybridized carbons (Fsp3) is 0.600. The van der Waals surface area contributed by atoms with E-state index in [-0.39, 0.29) is 6.04 Å². The molecule has 0 radical (unpaired) electrons. The lowest BCUT2D eigenvalue weighted by Gasteiger charge is -2.38. The number of rotatable bonds is 4. The zero-order valence-electron chi connectivity index (χ0n) is 11.4. The number of piperidine rings is 1. The molecule has 1 aliphatic heterocycles. The minimum absolute atomic E-state index is 0.208. The molecule has 2 atom stereocenters. The Bertz CT molecular complexity index is 423. The van der Waals surface area contributed by atoms with E-state index in [1.54, 1.807) is 0 Å². The highest BCUT2D eigenvalue weighted by Crippen LogP contribution is 2.32. The summed E-state index contributed by atoms with van der Waals surface area (Å²) < 4.78 is 0. The average Bonchev–Trinajstić information content (AvgIpc) is 2.42. The average molecular weight is 301 g/mol. The van der Waals surface area contributed by atoms with Gasteiger partial charge in [-0.05, 0) is 43.0 Å². The largest absolute Gasteiger partial charge is 0.329 e. The molecule has 1 heterocycles. The zero-order valence-corrected chi connectivity index (χ0v) is 12.9. The Kier molecular flexibility index (Phi) is 5.52. The molecule has 1 aliphatic rings. The van der Waals surface area contributed by atoms with Gasteiger partial charge in [0.25, 0.3) is 0 Å². The predicted octanol–water partition coefficient (Wildman–Crippen LogP) is 4.12. The second-order valence-electron chi connectivity index (χ2n) is 5.33. The molecule has 1 saturated heterocycles. The van der Waals surface area contributed by atoms with Gasteiger partial charge < -0.3 is 5.73 Å². The highest BCUT2D eigenvalue weighted by Gasteiger charge is 2.26. The molecule has 1 aromatic carbocycles. The Hall–Kier alpha value is -0.280. The molecule has 0 saturated carbocycles. The zero-order chi connectivity index (χ0) is 13.8. The molecule has 0 aliphatic carbocycles. The molecule has 1 aromatic rings. The molecular weight excluding hydrogens is 279 g/mol. The first-order chi connectivity index (χ1) is 9.15. The van der Waals surface area contributed by atoms with Crippen molar-refractivity contribution in [1.29, 1.82) is 0 Å². The van der Waals surface area contributed by atoms with Crippen LogP contribution in [0, 0.1) is 5.92 Å². The Balaban J connectivity index is 2.19. The summed E-state index contributed by atoms with van der Waals surface area (Å²) in [4.78, 5) is 2.48.